The van der Waals surface area contributed by atoms with Gasteiger partial charge in [-0.1, -0.05) is 56.5 Å². The number of benzene rings is 2. The van der Waals surface area contributed by atoms with E-state index in [1.807, 2.05) is 12.1 Å². The summed E-state index contributed by atoms with van der Waals surface area (Å²) in [5.41, 5.74) is 3.68. The van der Waals surface area contributed by atoms with Gasteiger partial charge < -0.3 is 0 Å². The Balaban J connectivity index is 1.83. The van der Waals surface area contributed by atoms with Crippen molar-refractivity contribution < 1.29 is 18.0 Å². The van der Waals surface area contributed by atoms with Crippen LogP contribution >= 0.6 is 0 Å². The quantitative estimate of drug-likeness (QED) is 0.663. The van der Waals surface area contributed by atoms with E-state index in [0.717, 1.165) is 28.6 Å². The summed E-state index contributed by atoms with van der Waals surface area (Å²) in [4.78, 5) is 11.4. The third-order valence-corrected chi connectivity index (χ3v) is 5.03. The molecule has 0 saturated carbocycles. The van der Waals surface area contributed by atoms with E-state index >= 15 is 0 Å². The maximum Gasteiger partial charge on any atom is 0.409 e. The normalized spacial score (nSPS) is 16.7. The molecular formula is C21H25F3N2O. The topological polar surface area (TPSA) is 32.3 Å². The highest BCUT2D eigenvalue weighted by atomic mass is 19.4. The summed E-state index contributed by atoms with van der Waals surface area (Å²) in [5.74, 6) is -0.377. The van der Waals surface area contributed by atoms with Gasteiger partial charge in [0, 0.05) is 13.0 Å². The van der Waals surface area contributed by atoms with Crippen molar-refractivity contribution in [2.24, 2.45) is 0 Å². The smallest absolute Gasteiger partial charge is 0.288 e. The number of hydrogen-bond donors (Lipinski definition) is 1. The molecule has 1 heterocycles. The lowest BCUT2D eigenvalue weighted by Gasteiger charge is -2.29. The highest BCUT2D eigenvalue weighted by Crippen LogP contribution is 2.38. The lowest BCUT2D eigenvalue weighted by atomic mass is 9.98. The van der Waals surface area contributed by atoms with Crippen LogP contribution in [-0.4, -0.2) is 23.6 Å². The molecule has 6 heteroatoms. The highest BCUT2D eigenvalue weighted by molar-refractivity contribution is 5.84. The van der Waals surface area contributed by atoms with Gasteiger partial charge in [-0.3, -0.25) is 10.2 Å². The Morgan fingerprint density at radius 2 is 1.81 bits per heavy atom. The second-order valence-electron chi connectivity index (χ2n) is 7.17. The summed E-state index contributed by atoms with van der Waals surface area (Å²) in [6.07, 6.45) is 1.35. The first-order valence-electron chi connectivity index (χ1n) is 9.54. The van der Waals surface area contributed by atoms with Crippen molar-refractivity contribution in [2.45, 2.75) is 57.7 Å². The maximum atomic E-state index is 13.7. The summed E-state index contributed by atoms with van der Waals surface area (Å²) in [6.45, 7) is 2.23. The molecule has 1 aliphatic heterocycles. The first kappa shape index (κ1) is 19.7. The van der Waals surface area contributed by atoms with Gasteiger partial charge in [0.1, 0.15) is 6.04 Å². The molecule has 3 nitrogen and oxygen atoms in total. The van der Waals surface area contributed by atoms with Crippen LogP contribution in [0.15, 0.2) is 36.4 Å². The predicted octanol–water partition coefficient (Wildman–Crippen LogP) is 5.30. The Bertz CT molecular complexity index is 804. The number of carbonyl (C=O) groups excluding carboxylic acids is 1. The van der Waals surface area contributed by atoms with E-state index in [4.69, 9.17) is 0 Å². The third kappa shape index (κ3) is 4.80. The number of unbranched alkanes of at least 4 members (excludes halogenated alkanes) is 3. The van der Waals surface area contributed by atoms with Gasteiger partial charge in [-0.25, -0.2) is 5.01 Å². The summed E-state index contributed by atoms with van der Waals surface area (Å²) in [5, 5.41) is 2.72. The molecule has 0 aliphatic carbocycles. The third-order valence-electron chi connectivity index (χ3n) is 5.03. The molecule has 146 valence electrons. The van der Waals surface area contributed by atoms with Crippen molar-refractivity contribution in [2.75, 3.05) is 6.54 Å². The van der Waals surface area contributed by atoms with Crippen LogP contribution in [-0.2, 0) is 11.2 Å². The molecule has 0 bridgehead atoms. The average molecular weight is 378 g/mol. The lowest BCUT2D eigenvalue weighted by Crippen LogP contribution is -2.43. The van der Waals surface area contributed by atoms with E-state index < -0.39 is 12.2 Å². The lowest BCUT2D eigenvalue weighted by molar-refractivity contribution is -0.191. The van der Waals surface area contributed by atoms with Crippen LogP contribution in [0.4, 0.5) is 13.2 Å². The zero-order valence-electron chi connectivity index (χ0n) is 15.5. The summed E-state index contributed by atoms with van der Waals surface area (Å²) in [6, 6.07) is 8.97. The van der Waals surface area contributed by atoms with Crippen LogP contribution in [0.25, 0.3) is 10.8 Å². The summed E-state index contributed by atoms with van der Waals surface area (Å²) < 4.78 is 41.0. The van der Waals surface area contributed by atoms with Crippen molar-refractivity contribution in [1.29, 1.82) is 0 Å². The SMILES string of the molecule is CCCCCCc1ccc2cc(C(N3CCC(=O)N3)C(F)(F)F)ccc2c1. The number of rotatable bonds is 7. The van der Waals surface area contributed by atoms with E-state index in [1.165, 1.54) is 30.9 Å². The van der Waals surface area contributed by atoms with E-state index in [1.54, 1.807) is 12.1 Å². The van der Waals surface area contributed by atoms with Crippen LogP contribution in [0.2, 0.25) is 0 Å². The highest BCUT2D eigenvalue weighted by Gasteiger charge is 2.46. The fourth-order valence-electron chi connectivity index (χ4n) is 3.63. The standard InChI is InChI=1S/C21H25F3N2O/c1-2-3-4-5-6-15-7-8-17-14-18(10-9-16(17)13-15)20(21(22,23)24)26-12-11-19(27)25-26/h7-10,13-14,20H,2-6,11-12H2,1H3,(H,25,27). The van der Waals surface area contributed by atoms with Crippen LogP contribution in [0.3, 0.4) is 0 Å². The molecule has 2 aromatic carbocycles. The molecule has 1 aliphatic rings. The molecule has 1 atom stereocenters. The van der Waals surface area contributed by atoms with E-state index in [0.29, 0.717) is 0 Å². The van der Waals surface area contributed by atoms with Gasteiger partial charge in [0.15, 0.2) is 0 Å². The zero-order valence-corrected chi connectivity index (χ0v) is 15.5. The summed E-state index contributed by atoms with van der Waals surface area (Å²) >= 11 is 0. The molecule has 27 heavy (non-hydrogen) atoms. The van der Waals surface area contributed by atoms with Crippen molar-refractivity contribution in [3.8, 4) is 0 Å². The van der Waals surface area contributed by atoms with Crippen LogP contribution in [0, 0.1) is 0 Å². The number of nitrogens with one attached hydrogen (secondary N) is 1. The van der Waals surface area contributed by atoms with Crippen molar-refractivity contribution in [3.63, 3.8) is 0 Å². The van der Waals surface area contributed by atoms with Crippen molar-refractivity contribution in [1.82, 2.24) is 10.4 Å². The second kappa shape index (κ2) is 8.30. The van der Waals surface area contributed by atoms with Gasteiger partial charge in [0.25, 0.3) is 0 Å². The van der Waals surface area contributed by atoms with Gasteiger partial charge >= 0.3 is 6.18 Å². The molecule has 1 N–H and O–H groups in total. The number of fused-ring (bicyclic) bond motifs is 1. The Kier molecular flexibility index (Phi) is 6.05. The molecule has 1 fully saturated rings. The number of aryl methyl sites for hydroxylation is 1. The van der Waals surface area contributed by atoms with E-state index in [2.05, 4.69) is 18.4 Å². The van der Waals surface area contributed by atoms with Crippen LogP contribution < -0.4 is 5.43 Å². The number of halogens is 3. The number of alkyl halides is 3. The molecular weight excluding hydrogens is 353 g/mol. The van der Waals surface area contributed by atoms with Gasteiger partial charge in [-0.15, -0.1) is 0 Å². The van der Waals surface area contributed by atoms with Crippen molar-refractivity contribution >= 4 is 16.7 Å². The first-order valence-corrected chi connectivity index (χ1v) is 9.54. The molecule has 1 saturated heterocycles. The maximum absolute atomic E-state index is 13.7. The number of hydrogen-bond acceptors (Lipinski definition) is 2. The minimum absolute atomic E-state index is 0.0533. The minimum atomic E-state index is -4.47. The largest absolute Gasteiger partial charge is 0.409 e. The minimum Gasteiger partial charge on any atom is -0.288 e. The Hall–Kier alpha value is -2.08. The van der Waals surface area contributed by atoms with E-state index in [9.17, 15) is 18.0 Å². The van der Waals surface area contributed by atoms with Gasteiger partial charge in [-0.05, 0) is 40.8 Å². The fraction of sp³-hybridized carbons (Fsp3) is 0.476. The van der Waals surface area contributed by atoms with Crippen molar-refractivity contribution in [3.05, 3.63) is 47.5 Å². The number of amides is 1. The monoisotopic (exact) mass is 378 g/mol. The second-order valence-corrected chi connectivity index (χ2v) is 7.17. The zero-order chi connectivity index (χ0) is 19.4. The molecule has 1 amide bonds. The Labute approximate surface area is 157 Å². The number of hydrazine groups is 1. The average Bonchev–Trinajstić information content (AvgIpc) is 3.03. The Morgan fingerprint density at radius 1 is 1.07 bits per heavy atom. The number of carbonyl (C=O) groups is 1. The molecule has 2 aromatic rings. The predicted molar refractivity (Wildman–Crippen MR) is 100 cm³/mol. The Morgan fingerprint density at radius 3 is 2.48 bits per heavy atom. The van der Waals surface area contributed by atoms with Crippen LogP contribution in [0.1, 0.15) is 56.2 Å². The molecule has 3 rings (SSSR count). The van der Waals surface area contributed by atoms with Gasteiger partial charge in [0.2, 0.25) is 5.91 Å². The molecule has 0 radical (unpaired) electrons. The molecule has 0 spiro atoms. The van der Waals surface area contributed by atoms with E-state index in [-0.39, 0.29) is 24.4 Å². The summed E-state index contributed by atoms with van der Waals surface area (Å²) in [7, 11) is 0. The van der Waals surface area contributed by atoms with Gasteiger partial charge in [0.05, 0.1) is 0 Å². The fourth-order valence-corrected chi connectivity index (χ4v) is 3.63. The van der Waals surface area contributed by atoms with Gasteiger partial charge in [-0.2, -0.15) is 13.2 Å². The molecule has 1 unspecified atom stereocenters. The van der Waals surface area contributed by atoms with Crippen LogP contribution in [0.5, 0.6) is 0 Å². The molecule has 0 aromatic heterocycles. The first-order chi connectivity index (χ1) is 12.9. The number of nitrogens with zero attached hydrogens (tertiary/aromatic N) is 1.